The Morgan fingerprint density at radius 3 is 2.58 bits per heavy atom. The second-order valence-electron chi connectivity index (χ2n) is 4.63. The third-order valence-corrected chi connectivity index (χ3v) is 3.17. The molecule has 0 unspecified atom stereocenters. The second kappa shape index (κ2) is 4.85. The molecule has 1 aliphatic rings. The lowest BCUT2D eigenvalue weighted by atomic mass is 9.86. The standard InChI is InChI=1S/C13H13F3O3/c14-13(15,16)12(18,11-5-2-6-19-11)8-9-3-1-4-10(17)7-9/h2,5-7,18H,1,3-4,8H2/t12-/m1/s1. The lowest BCUT2D eigenvalue weighted by Crippen LogP contribution is -2.42. The Bertz CT molecular complexity index is 488. The Balaban J connectivity index is 2.32. The fraction of sp³-hybridized carbons (Fsp3) is 0.462. The van der Waals surface area contributed by atoms with Crippen LogP contribution >= 0.6 is 0 Å². The average Bonchev–Trinajstić information content (AvgIpc) is 2.80. The molecule has 0 bridgehead atoms. The molecule has 104 valence electrons. The van der Waals surface area contributed by atoms with E-state index in [1.54, 1.807) is 0 Å². The maximum atomic E-state index is 13.1. The maximum absolute atomic E-state index is 13.1. The third kappa shape index (κ3) is 2.73. The molecule has 1 aromatic rings. The van der Waals surface area contributed by atoms with E-state index < -0.39 is 24.0 Å². The van der Waals surface area contributed by atoms with E-state index in [0.29, 0.717) is 24.8 Å². The number of carbonyl (C=O) groups is 1. The molecule has 0 amide bonds. The van der Waals surface area contributed by atoms with E-state index in [9.17, 15) is 23.1 Å². The number of hydrogen-bond donors (Lipinski definition) is 1. The minimum absolute atomic E-state index is 0.204. The first-order valence-electron chi connectivity index (χ1n) is 5.88. The summed E-state index contributed by atoms with van der Waals surface area (Å²) in [6.07, 6.45) is -2.03. The summed E-state index contributed by atoms with van der Waals surface area (Å²) in [5.74, 6) is -0.760. The maximum Gasteiger partial charge on any atom is 0.424 e. The SMILES string of the molecule is O=C1C=C(C[C@@](O)(c2ccco2)C(F)(F)F)CCC1. The second-order valence-corrected chi connectivity index (χ2v) is 4.63. The quantitative estimate of drug-likeness (QED) is 0.921. The fourth-order valence-electron chi connectivity index (χ4n) is 2.17. The van der Waals surface area contributed by atoms with Gasteiger partial charge in [-0.1, -0.05) is 5.57 Å². The summed E-state index contributed by atoms with van der Waals surface area (Å²) in [6, 6.07) is 2.37. The summed E-state index contributed by atoms with van der Waals surface area (Å²) in [5, 5.41) is 9.98. The van der Waals surface area contributed by atoms with Crippen molar-refractivity contribution in [1.82, 2.24) is 0 Å². The predicted octanol–water partition coefficient (Wildman–Crippen LogP) is 3.10. The molecule has 1 aromatic heterocycles. The van der Waals surface area contributed by atoms with Crippen LogP contribution in [-0.2, 0) is 10.4 Å². The highest BCUT2D eigenvalue weighted by Gasteiger charge is 2.57. The highest BCUT2D eigenvalue weighted by atomic mass is 19.4. The molecule has 1 aliphatic carbocycles. The van der Waals surface area contributed by atoms with Gasteiger partial charge in [0, 0.05) is 12.8 Å². The van der Waals surface area contributed by atoms with Gasteiger partial charge in [-0.15, -0.1) is 0 Å². The molecule has 0 radical (unpaired) electrons. The Labute approximate surface area is 107 Å². The lowest BCUT2D eigenvalue weighted by Gasteiger charge is -2.30. The van der Waals surface area contributed by atoms with E-state index in [4.69, 9.17) is 4.42 Å². The summed E-state index contributed by atoms with van der Waals surface area (Å²) in [7, 11) is 0. The van der Waals surface area contributed by atoms with E-state index in [1.165, 1.54) is 12.1 Å². The molecule has 1 heterocycles. The number of furan rings is 1. The van der Waals surface area contributed by atoms with E-state index in [1.807, 2.05) is 0 Å². The number of rotatable bonds is 3. The van der Waals surface area contributed by atoms with Crippen LogP contribution in [0.4, 0.5) is 13.2 Å². The van der Waals surface area contributed by atoms with Crippen molar-refractivity contribution in [2.75, 3.05) is 0 Å². The van der Waals surface area contributed by atoms with Gasteiger partial charge in [0.05, 0.1) is 6.26 Å². The van der Waals surface area contributed by atoms with E-state index in [-0.39, 0.29) is 5.78 Å². The largest absolute Gasteiger partial charge is 0.466 e. The van der Waals surface area contributed by atoms with Gasteiger partial charge in [-0.3, -0.25) is 4.79 Å². The van der Waals surface area contributed by atoms with Gasteiger partial charge in [0.1, 0.15) is 5.76 Å². The average molecular weight is 274 g/mol. The van der Waals surface area contributed by atoms with Gasteiger partial charge in [0.15, 0.2) is 5.78 Å². The zero-order valence-electron chi connectivity index (χ0n) is 10.0. The molecule has 2 rings (SSSR count). The lowest BCUT2D eigenvalue weighted by molar-refractivity contribution is -0.272. The van der Waals surface area contributed by atoms with E-state index >= 15 is 0 Å². The molecular formula is C13H13F3O3. The van der Waals surface area contributed by atoms with Crippen molar-refractivity contribution in [3.05, 3.63) is 35.8 Å². The molecule has 3 nitrogen and oxygen atoms in total. The van der Waals surface area contributed by atoms with Crippen molar-refractivity contribution in [3.8, 4) is 0 Å². The number of aliphatic hydroxyl groups is 1. The molecule has 19 heavy (non-hydrogen) atoms. The van der Waals surface area contributed by atoms with Crippen LogP contribution in [0.1, 0.15) is 31.4 Å². The molecule has 0 fully saturated rings. The molecule has 0 spiro atoms. The molecule has 0 saturated carbocycles. The summed E-state index contributed by atoms with van der Waals surface area (Å²) >= 11 is 0. The molecule has 0 aromatic carbocycles. The number of halogens is 3. The Hall–Kier alpha value is -1.56. The molecule has 1 atom stereocenters. The summed E-state index contributed by atoms with van der Waals surface area (Å²) in [6.45, 7) is 0. The van der Waals surface area contributed by atoms with Crippen LogP contribution in [0.3, 0.4) is 0 Å². The van der Waals surface area contributed by atoms with Crippen molar-refractivity contribution in [2.45, 2.75) is 37.5 Å². The number of ketones is 1. The van der Waals surface area contributed by atoms with Gasteiger partial charge in [-0.25, -0.2) is 0 Å². The van der Waals surface area contributed by atoms with Crippen LogP contribution in [0, 0.1) is 0 Å². The monoisotopic (exact) mass is 274 g/mol. The predicted molar refractivity (Wildman–Crippen MR) is 60.2 cm³/mol. The van der Waals surface area contributed by atoms with E-state index in [0.717, 1.165) is 12.3 Å². The van der Waals surface area contributed by atoms with Crippen LogP contribution < -0.4 is 0 Å². The van der Waals surface area contributed by atoms with Gasteiger partial charge >= 0.3 is 6.18 Å². The smallest absolute Gasteiger partial charge is 0.424 e. The first-order valence-corrected chi connectivity index (χ1v) is 5.88. The summed E-state index contributed by atoms with van der Waals surface area (Å²) < 4.78 is 44.0. The highest BCUT2D eigenvalue weighted by Crippen LogP contribution is 2.44. The van der Waals surface area contributed by atoms with Crippen molar-refractivity contribution in [2.24, 2.45) is 0 Å². The molecular weight excluding hydrogens is 261 g/mol. The zero-order valence-corrected chi connectivity index (χ0v) is 10.0. The minimum Gasteiger partial charge on any atom is -0.466 e. The first kappa shape index (κ1) is 13.9. The highest BCUT2D eigenvalue weighted by molar-refractivity contribution is 5.91. The van der Waals surface area contributed by atoms with Gasteiger partial charge < -0.3 is 9.52 Å². The van der Waals surface area contributed by atoms with Crippen LogP contribution in [0.15, 0.2) is 34.5 Å². The fourth-order valence-corrected chi connectivity index (χ4v) is 2.17. The summed E-state index contributed by atoms with van der Waals surface area (Å²) in [4.78, 5) is 11.2. The van der Waals surface area contributed by atoms with Crippen LogP contribution in [0.2, 0.25) is 0 Å². The van der Waals surface area contributed by atoms with Gasteiger partial charge in [-0.05, 0) is 31.1 Å². The number of carbonyl (C=O) groups excluding carboxylic acids is 1. The topological polar surface area (TPSA) is 50.4 Å². The van der Waals surface area contributed by atoms with Crippen molar-refractivity contribution < 1.29 is 27.5 Å². The van der Waals surface area contributed by atoms with Crippen molar-refractivity contribution in [3.63, 3.8) is 0 Å². The molecule has 1 N–H and O–H groups in total. The van der Waals surface area contributed by atoms with Gasteiger partial charge in [0.25, 0.3) is 0 Å². The normalized spacial score (nSPS) is 20.0. The first-order chi connectivity index (χ1) is 8.83. The van der Waals surface area contributed by atoms with Crippen LogP contribution in [0.5, 0.6) is 0 Å². The van der Waals surface area contributed by atoms with Crippen LogP contribution in [-0.4, -0.2) is 17.1 Å². The van der Waals surface area contributed by atoms with Gasteiger partial charge in [-0.2, -0.15) is 13.2 Å². The number of allylic oxidation sites excluding steroid dienone is 1. The van der Waals surface area contributed by atoms with Crippen molar-refractivity contribution in [1.29, 1.82) is 0 Å². The third-order valence-electron chi connectivity index (χ3n) is 3.17. The number of alkyl halides is 3. The Morgan fingerprint density at radius 1 is 1.32 bits per heavy atom. The zero-order chi connectivity index (χ0) is 14.1. The molecule has 6 heteroatoms. The van der Waals surface area contributed by atoms with Gasteiger partial charge in [0.2, 0.25) is 5.60 Å². The molecule has 0 saturated heterocycles. The summed E-state index contributed by atoms with van der Waals surface area (Å²) in [5.41, 5.74) is -2.78. The molecule has 0 aliphatic heterocycles. The van der Waals surface area contributed by atoms with Crippen molar-refractivity contribution >= 4 is 5.78 Å². The number of hydrogen-bond acceptors (Lipinski definition) is 3. The Morgan fingerprint density at radius 2 is 2.05 bits per heavy atom. The minimum atomic E-state index is -4.87. The van der Waals surface area contributed by atoms with Crippen LogP contribution in [0.25, 0.3) is 0 Å². The van der Waals surface area contributed by atoms with E-state index in [2.05, 4.69) is 0 Å². The Kier molecular flexibility index (Phi) is 3.54.